The second-order valence-corrected chi connectivity index (χ2v) is 7.63. The van der Waals surface area contributed by atoms with Gasteiger partial charge in [0.05, 0.1) is 17.7 Å². The van der Waals surface area contributed by atoms with Crippen LogP contribution in [0.4, 0.5) is 10.5 Å². The molecule has 25 heavy (non-hydrogen) atoms. The lowest BCUT2D eigenvalue weighted by molar-refractivity contribution is -0.113. The number of benzene rings is 2. The molecule has 2 aromatic rings. The topological polar surface area (TPSA) is 66.8 Å². The van der Waals surface area contributed by atoms with E-state index in [4.69, 9.17) is 4.74 Å². The Morgan fingerprint density at radius 1 is 1.20 bits per heavy atom. The summed E-state index contributed by atoms with van der Waals surface area (Å²) in [4.78, 5) is 26.2. The molecule has 1 fully saturated rings. The fourth-order valence-corrected chi connectivity index (χ4v) is 3.96. The molecule has 0 aliphatic carbocycles. The molecule has 1 N–H and O–H groups in total. The number of carbonyl (C=O) groups is 2. The van der Waals surface area contributed by atoms with Crippen molar-refractivity contribution in [3.05, 3.63) is 55.8 Å². The van der Waals surface area contributed by atoms with Gasteiger partial charge in [-0.3, -0.25) is 9.59 Å². The third-order valence-corrected chi connectivity index (χ3v) is 6.38. The van der Waals surface area contributed by atoms with Gasteiger partial charge in [-0.1, -0.05) is 18.2 Å². The van der Waals surface area contributed by atoms with Gasteiger partial charge in [-0.25, -0.2) is 4.90 Å². The van der Waals surface area contributed by atoms with Crippen LogP contribution in [0.25, 0.3) is 6.08 Å². The number of ether oxygens (including phenoxy) is 1. The molecule has 0 aromatic heterocycles. The number of phenols is 1. The van der Waals surface area contributed by atoms with Crippen molar-refractivity contribution in [3.8, 4) is 11.5 Å². The van der Waals surface area contributed by atoms with Crippen molar-refractivity contribution in [1.29, 1.82) is 0 Å². The molecule has 2 amide bonds. The molecule has 0 bridgehead atoms. The van der Waals surface area contributed by atoms with Crippen molar-refractivity contribution in [3.63, 3.8) is 0 Å². The number of phenolic OH excluding ortho intramolecular Hbond substituents is 1. The van der Waals surface area contributed by atoms with Gasteiger partial charge in [-0.05, 0) is 67.9 Å². The van der Waals surface area contributed by atoms with E-state index >= 15 is 0 Å². The van der Waals surface area contributed by atoms with Crippen LogP contribution in [-0.4, -0.2) is 23.4 Å². The highest BCUT2D eigenvalue weighted by Gasteiger charge is 2.36. The maximum Gasteiger partial charge on any atom is 0.298 e. The standard InChI is InChI=1S/C17H11Br2NO4S/c1-24-12-8-11(18)14(19)10(15(12)21)7-13-16(22)20(17(23)25-13)9-5-3-2-4-6-9/h2-8,21H,1H3/b13-7-. The van der Waals surface area contributed by atoms with Gasteiger partial charge in [-0.15, -0.1) is 0 Å². The van der Waals surface area contributed by atoms with E-state index in [1.165, 1.54) is 13.2 Å². The molecule has 0 unspecified atom stereocenters. The average molecular weight is 485 g/mol. The Kier molecular flexibility index (Phi) is 5.21. The van der Waals surface area contributed by atoms with E-state index in [9.17, 15) is 14.7 Å². The number of hydrogen-bond acceptors (Lipinski definition) is 5. The lowest BCUT2D eigenvalue weighted by Crippen LogP contribution is -2.27. The first kappa shape index (κ1) is 18.0. The molecular weight excluding hydrogens is 474 g/mol. The molecule has 0 spiro atoms. The van der Waals surface area contributed by atoms with Gasteiger partial charge in [-0.2, -0.15) is 0 Å². The number of hydrogen-bond donors (Lipinski definition) is 1. The van der Waals surface area contributed by atoms with E-state index in [2.05, 4.69) is 31.9 Å². The Morgan fingerprint density at radius 2 is 1.88 bits per heavy atom. The van der Waals surface area contributed by atoms with E-state index in [0.717, 1.165) is 16.7 Å². The molecule has 8 heteroatoms. The molecule has 1 saturated heterocycles. The second kappa shape index (κ2) is 7.23. The first-order valence-electron chi connectivity index (χ1n) is 7.02. The van der Waals surface area contributed by atoms with Gasteiger partial charge in [0.25, 0.3) is 11.1 Å². The van der Waals surface area contributed by atoms with Crippen molar-refractivity contribution in [2.45, 2.75) is 0 Å². The summed E-state index contributed by atoms with van der Waals surface area (Å²) >= 11 is 7.55. The third kappa shape index (κ3) is 3.33. The van der Waals surface area contributed by atoms with Gasteiger partial charge >= 0.3 is 0 Å². The number of imide groups is 1. The smallest absolute Gasteiger partial charge is 0.298 e. The van der Waals surface area contributed by atoms with Crippen LogP contribution in [0.1, 0.15) is 5.56 Å². The normalized spacial score (nSPS) is 16.0. The van der Waals surface area contributed by atoms with E-state index in [1.54, 1.807) is 36.4 Å². The highest BCUT2D eigenvalue weighted by Crippen LogP contribution is 2.44. The van der Waals surface area contributed by atoms with Gasteiger partial charge < -0.3 is 9.84 Å². The molecule has 0 atom stereocenters. The van der Waals surface area contributed by atoms with Gasteiger partial charge in [0, 0.05) is 14.5 Å². The summed E-state index contributed by atoms with van der Waals surface area (Å²) < 4.78 is 6.33. The molecular formula is C17H11Br2NO4S. The number of carbonyl (C=O) groups excluding carboxylic acids is 2. The number of anilines is 1. The second-order valence-electron chi connectivity index (χ2n) is 4.99. The van der Waals surface area contributed by atoms with Crippen LogP contribution in [0.15, 0.2) is 50.2 Å². The summed E-state index contributed by atoms with van der Waals surface area (Å²) in [5.41, 5.74) is 0.855. The lowest BCUT2D eigenvalue weighted by atomic mass is 10.1. The molecule has 0 radical (unpaired) electrons. The van der Waals surface area contributed by atoms with Crippen molar-refractivity contribution in [2.75, 3.05) is 12.0 Å². The summed E-state index contributed by atoms with van der Waals surface area (Å²) in [6, 6.07) is 10.3. The predicted molar refractivity (Wildman–Crippen MR) is 105 cm³/mol. The average Bonchev–Trinajstić information content (AvgIpc) is 2.89. The van der Waals surface area contributed by atoms with Crippen molar-refractivity contribution in [1.82, 2.24) is 0 Å². The quantitative estimate of drug-likeness (QED) is 0.609. The zero-order chi connectivity index (χ0) is 18.1. The molecule has 1 heterocycles. The van der Waals surface area contributed by atoms with Gasteiger partial charge in [0.15, 0.2) is 11.5 Å². The molecule has 0 saturated carbocycles. The zero-order valence-electron chi connectivity index (χ0n) is 12.8. The van der Waals surface area contributed by atoms with Crippen LogP contribution in [0.3, 0.4) is 0 Å². The van der Waals surface area contributed by atoms with Crippen molar-refractivity contribution >= 4 is 66.5 Å². The van der Waals surface area contributed by atoms with Crippen LogP contribution in [0.5, 0.6) is 11.5 Å². The fourth-order valence-electron chi connectivity index (χ4n) is 2.30. The third-order valence-electron chi connectivity index (χ3n) is 3.50. The number of para-hydroxylation sites is 1. The molecule has 1 aliphatic rings. The maximum absolute atomic E-state index is 12.7. The summed E-state index contributed by atoms with van der Waals surface area (Å²) in [5, 5.41) is 9.96. The van der Waals surface area contributed by atoms with Crippen molar-refractivity contribution < 1.29 is 19.4 Å². The Balaban J connectivity index is 2.05. The maximum atomic E-state index is 12.7. The summed E-state index contributed by atoms with van der Waals surface area (Å²) in [6.45, 7) is 0. The number of aromatic hydroxyl groups is 1. The molecule has 3 rings (SSSR count). The first-order chi connectivity index (χ1) is 11.9. The van der Waals surface area contributed by atoms with Crippen LogP contribution < -0.4 is 9.64 Å². The number of thioether (sulfide) groups is 1. The summed E-state index contributed by atoms with van der Waals surface area (Å²) in [5.74, 6) is -0.306. The summed E-state index contributed by atoms with van der Waals surface area (Å²) in [6.07, 6.45) is 1.47. The fraction of sp³-hybridized carbons (Fsp3) is 0.0588. The molecule has 128 valence electrons. The predicted octanol–water partition coefficient (Wildman–Crippen LogP) is 5.17. The number of halogens is 2. The molecule has 5 nitrogen and oxygen atoms in total. The van der Waals surface area contributed by atoms with E-state index in [0.29, 0.717) is 20.2 Å². The van der Waals surface area contributed by atoms with E-state index in [-0.39, 0.29) is 21.6 Å². The molecule has 1 aliphatic heterocycles. The lowest BCUT2D eigenvalue weighted by Gasteiger charge is -2.12. The van der Waals surface area contributed by atoms with Crippen molar-refractivity contribution in [2.24, 2.45) is 0 Å². The minimum Gasteiger partial charge on any atom is -0.504 e. The van der Waals surface area contributed by atoms with Crippen LogP contribution in [0, 0.1) is 0 Å². The number of rotatable bonds is 3. The zero-order valence-corrected chi connectivity index (χ0v) is 16.8. The SMILES string of the molecule is COc1cc(Br)c(Br)c(/C=C2\SC(=O)N(c3ccccc3)C2=O)c1O. The summed E-state index contributed by atoms with van der Waals surface area (Å²) in [7, 11) is 1.43. The largest absolute Gasteiger partial charge is 0.504 e. The first-order valence-corrected chi connectivity index (χ1v) is 9.42. The van der Waals surface area contributed by atoms with Crippen LogP contribution in [-0.2, 0) is 4.79 Å². The highest BCUT2D eigenvalue weighted by molar-refractivity contribution is 9.13. The van der Waals surface area contributed by atoms with Crippen LogP contribution in [0.2, 0.25) is 0 Å². The minimum absolute atomic E-state index is 0.121. The Hall–Kier alpha value is -1.77. The van der Waals surface area contributed by atoms with E-state index in [1.807, 2.05) is 0 Å². The van der Waals surface area contributed by atoms with Gasteiger partial charge in [0.2, 0.25) is 0 Å². The monoisotopic (exact) mass is 483 g/mol. The number of nitrogens with zero attached hydrogens (tertiary/aromatic N) is 1. The highest BCUT2D eigenvalue weighted by atomic mass is 79.9. The minimum atomic E-state index is -0.438. The Morgan fingerprint density at radius 3 is 2.52 bits per heavy atom. The Bertz CT molecular complexity index is 899. The number of amides is 2. The van der Waals surface area contributed by atoms with Crippen LogP contribution >= 0.6 is 43.6 Å². The van der Waals surface area contributed by atoms with Gasteiger partial charge in [0.1, 0.15) is 0 Å². The van der Waals surface area contributed by atoms with E-state index < -0.39 is 5.91 Å². The Labute approximate surface area is 164 Å². The molecule has 2 aromatic carbocycles. The number of methoxy groups -OCH3 is 1.